The Kier molecular flexibility index (Phi) is 10.9. The highest BCUT2D eigenvalue weighted by molar-refractivity contribution is 7.22. The summed E-state index contributed by atoms with van der Waals surface area (Å²) in [6.07, 6.45) is 9.79. The third kappa shape index (κ3) is 8.16. The van der Waals surface area contributed by atoms with Crippen molar-refractivity contribution in [2.75, 3.05) is 43.6 Å². The molecule has 1 spiro atoms. The van der Waals surface area contributed by atoms with Crippen molar-refractivity contribution in [2.24, 2.45) is 11.3 Å². The van der Waals surface area contributed by atoms with Crippen LogP contribution in [0.3, 0.4) is 0 Å². The fraction of sp³-hybridized carbons (Fsp3) is 0.395. The maximum atomic E-state index is 13.5. The molecular formula is C43H45N5O4S2. The van der Waals surface area contributed by atoms with Gasteiger partial charge in [0.2, 0.25) is 0 Å². The predicted molar refractivity (Wildman–Crippen MR) is 216 cm³/mol. The van der Waals surface area contributed by atoms with Crippen LogP contribution >= 0.6 is 22.7 Å². The highest BCUT2D eigenvalue weighted by Crippen LogP contribution is 2.45. The second-order valence-electron chi connectivity index (χ2n) is 14.6. The Labute approximate surface area is 324 Å². The molecule has 8 rings (SSSR count). The number of hydrogen-bond donors (Lipinski definition) is 2. The van der Waals surface area contributed by atoms with Gasteiger partial charge in [-0.05, 0) is 130 Å². The summed E-state index contributed by atoms with van der Waals surface area (Å²) in [4.78, 5) is 38.7. The zero-order chi connectivity index (χ0) is 36.9. The predicted octanol–water partition coefficient (Wildman–Crippen LogP) is 8.28. The van der Waals surface area contributed by atoms with E-state index < -0.39 is 5.97 Å². The van der Waals surface area contributed by atoms with Crippen molar-refractivity contribution >= 4 is 55.0 Å². The molecule has 11 heteroatoms. The quantitative estimate of drug-likeness (QED) is 0.0880. The van der Waals surface area contributed by atoms with Crippen LogP contribution in [0.25, 0.3) is 10.2 Å². The van der Waals surface area contributed by atoms with Gasteiger partial charge in [0.1, 0.15) is 5.75 Å². The average molecular weight is 760 g/mol. The van der Waals surface area contributed by atoms with E-state index in [1.54, 1.807) is 0 Å². The maximum absolute atomic E-state index is 13.5. The first-order valence-corrected chi connectivity index (χ1v) is 20.6. The van der Waals surface area contributed by atoms with Crippen molar-refractivity contribution in [3.63, 3.8) is 0 Å². The van der Waals surface area contributed by atoms with Crippen molar-refractivity contribution < 1.29 is 19.1 Å². The van der Waals surface area contributed by atoms with E-state index in [0.717, 1.165) is 55.6 Å². The molecule has 0 unspecified atom stereocenters. The topological polar surface area (TPSA) is 106 Å². The molecule has 1 aliphatic carbocycles. The lowest BCUT2D eigenvalue weighted by Gasteiger charge is -2.42. The van der Waals surface area contributed by atoms with E-state index in [9.17, 15) is 9.59 Å². The van der Waals surface area contributed by atoms with Crippen LogP contribution in [0.15, 0.2) is 66.7 Å². The molecule has 1 saturated carbocycles. The number of methoxy groups -OCH3 is 1. The number of nitrogens with one attached hydrogen (secondary N) is 2. The van der Waals surface area contributed by atoms with Gasteiger partial charge in [0, 0.05) is 35.0 Å². The van der Waals surface area contributed by atoms with E-state index in [2.05, 4.69) is 38.4 Å². The van der Waals surface area contributed by atoms with Gasteiger partial charge in [0.05, 0.1) is 23.9 Å². The number of nitrogens with zero attached hydrogens (tertiary/aromatic N) is 3. The Morgan fingerprint density at radius 3 is 2.59 bits per heavy atom. The van der Waals surface area contributed by atoms with Crippen molar-refractivity contribution in [3.05, 3.63) is 99.6 Å². The van der Waals surface area contributed by atoms with Crippen molar-refractivity contribution in [1.82, 2.24) is 15.3 Å². The van der Waals surface area contributed by atoms with Gasteiger partial charge in [-0.3, -0.25) is 10.1 Å². The fourth-order valence-electron chi connectivity index (χ4n) is 8.02. The number of carbonyl (C=O) groups excluding carboxylic acids is 2. The van der Waals surface area contributed by atoms with Crippen LogP contribution in [0.2, 0.25) is 0 Å². The van der Waals surface area contributed by atoms with Crippen LogP contribution in [0, 0.1) is 23.2 Å². The minimum Gasteiger partial charge on any atom is -0.494 e. The highest BCUT2D eigenvalue weighted by atomic mass is 32.1. The number of ether oxygens (including phenoxy) is 2. The number of carbonyl (C=O) groups is 2. The molecule has 5 aromatic rings. The lowest BCUT2D eigenvalue weighted by atomic mass is 9.66. The summed E-state index contributed by atoms with van der Waals surface area (Å²) < 4.78 is 12.2. The molecule has 3 aliphatic rings. The molecule has 1 amide bonds. The number of amides is 1. The van der Waals surface area contributed by atoms with Gasteiger partial charge in [0.15, 0.2) is 16.0 Å². The molecule has 54 heavy (non-hydrogen) atoms. The molecule has 2 aromatic heterocycles. The average Bonchev–Trinajstić information content (AvgIpc) is 3.83. The summed E-state index contributed by atoms with van der Waals surface area (Å²) in [5.41, 5.74) is 5.51. The van der Waals surface area contributed by atoms with Gasteiger partial charge in [-0.2, -0.15) is 0 Å². The molecule has 1 saturated heterocycles. The molecule has 0 radical (unpaired) electrons. The molecule has 2 fully saturated rings. The number of para-hydroxylation sites is 1. The monoisotopic (exact) mass is 759 g/mol. The number of hydrogen-bond acceptors (Lipinski definition) is 10. The maximum Gasteiger partial charge on any atom is 0.357 e. The summed E-state index contributed by atoms with van der Waals surface area (Å²) in [5, 5.41) is 7.84. The minimum absolute atomic E-state index is 0.185. The Morgan fingerprint density at radius 2 is 1.80 bits per heavy atom. The van der Waals surface area contributed by atoms with E-state index in [0.29, 0.717) is 53.7 Å². The van der Waals surface area contributed by atoms with Crippen LogP contribution in [0.4, 0.5) is 10.3 Å². The van der Waals surface area contributed by atoms with Crippen molar-refractivity contribution in [2.45, 2.75) is 64.3 Å². The first kappa shape index (κ1) is 36.2. The van der Waals surface area contributed by atoms with Crippen LogP contribution in [-0.2, 0) is 24.1 Å². The largest absolute Gasteiger partial charge is 0.494 e. The zero-order valence-corrected chi connectivity index (χ0v) is 32.3. The van der Waals surface area contributed by atoms with E-state index in [4.69, 9.17) is 14.5 Å². The zero-order valence-electron chi connectivity index (χ0n) is 30.6. The molecule has 2 N–H and O–H groups in total. The first-order chi connectivity index (χ1) is 26.4. The van der Waals surface area contributed by atoms with E-state index in [1.807, 2.05) is 60.7 Å². The Bertz CT molecular complexity index is 2150. The van der Waals surface area contributed by atoms with Gasteiger partial charge < -0.3 is 19.7 Å². The number of fused-ring (bicyclic) bond motifs is 2. The summed E-state index contributed by atoms with van der Waals surface area (Å²) >= 11 is 2.97. The normalized spacial score (nSPS) is 16.7. The highest BCUT2D eigenvalue weighted by Gasteiger charge is 2.35. The van der Waals surface area contributed by atoms with Gasteiger partial charge in [-0.15, -0.1) is 11.3 Å². The lowest BCUT2D eigenvalue weighted by Crippen LogP contribution is -2.39. The number of aryl methyl sites for hydroxylation is 1. The number of rotatable bonds is 9. The molecular weight excluding hydrogens is 715 g/mol. The molecule has 278 valence electrons. The standard InChI is InChI=1S/C43H45N5O4S2/c1-51-40(50)38-37(10-5-27-52-32-15-13-29(14-16-32)11-12-30-17-20-43(21-18-30)22-24-44-25-23-43)54-42(46-38)48-26-19-31-6-4-7-33(34(31)28-48)39(49)47-41-45-35-8-2-3-9-36(35)53-41/h2-4,6-9,13-16,30,44H,5,10,17-28H2,1H3,(H,45,47,49). The summed E-state index contributed by atoms with van der Waals surface area (Å²) in [5.74, 6) is 7.62. The van der Waals surface area contributed by atoms with Crippen LogP contribution in [0.5, 0.6) is 5.75 Å². The van der Waals surface area contributed by atoms with Gasteiger partial charge in [-0.1, -0.05) is 47.4 Å². The molecule has 0 bridgehead atoms. The third-order valence-electron chi connectivity index (χ3n) is 11.2. The molecule has 3 aromatic carbocycles. The SMILES string of the molecule is COC(=O)c1nc(N2CCc3cccc(C(=O)Nc4nc5ccccc5s4)c3C2)sc1CCCOc1ccc(C#CC2CCC3(CCNCC3)CC2)cc1. The Hall–Kier alpha value is -4.76. The van der Waals surface area contributed by atoms with E-state index in [-0.39, 0.29) is 5.91 Å². The Balaban J connectivity index is 0.865. The van der Waals surface area contributed by atoms with Gasteiger partial charge in [-0.25, -0.2) is 14.8 Å². The second kappa shape index (κ2) is 16.3. The smallest absolute Gasteiger partial charge is 0.357 e. The summed E-state index contributed by atoms with van der Waals surface area (Å²) in [6, 6.07) is 21.8. The van der Waals surface area contributed by atoms with Crippen LogP contribution < -0.4 is 20.3 Å². The number of benzene rings is 3. The summed E-state index contributed by atoms with van der Waals surface area (Å²) in [6.45, 7) is 4.07. The van der Waals surface area contributed by atoms with Crippen LogP contribution in [0.1, 0.15) is 87.4 Å². The first-order valence-electron chi connectivity index (χ1n) is 19.0. The third-order valence-corrected chi connectivity index (χ3v) is 13.3. The van der Waals surface area contributed by atoms with Gasteiger partial charge in [0.25, 0.3) is 5.91 Å². The van der Waals surface area contributed by atoms with E-state index >= 15 is 0 Å². The van der Waals surface area contributed by atoms with Crippen molar-refractivity contribution in [1.29, 1.82) is 0 Å². The minimum atomic E-state index is -0.447. The molecule has 9 nitrogen and oxygen atoms in total. The fourth-order valence-corrected chi connectivity index (χ4v) is 10.00. The van der Waals surface area contributed by atoms with E-state index in [1.165, 1.54) is 81.4 Å². The van der Waals surface area contributed by atoms with Crippen LogP contribution in [-0.4, -0.2) is 55.2 Å². The second-order valence-corrected chi connectivity index (χ2v) is 16.7. The number of thiazole rings is 2. The van der Waals surface area contributed by atoms with Gasteiger partial charge >= 0.3 is 5.97 Å². The lowest BCUT2D eigenvalue weighted by molar-refractivity contribution is 0.0593. The molecule has 0 atom stereocenters. The number of piperidine rings is 1. The van der Waals surface area contributed by atoms with Crippen molar-refractivity contribution in [3.8, 4) is 17.6 Å². The summed E-state index contributed by atoms with van der Waals surface area (Å²) in [7, 11) is 1.38. The number of anilines is 2. The Morgan fingerprint density at radius 1 is 0.981 bits per heavy atom. The molecule has 2 aliphatic heterocycles. The number of aromatic nitrogens is 2. The number of esters is 1. The molecule has 4 heterocycles.